The fourth-order valence-electron chi connectivity index (χ4n) is 5.29. The minimum atomic E-state index is -0.532. The van der Waals surface area contributed by atoms with E-state index in [1.54, 1.807) is 0 Å². The van der Waals surface area contributed by atoms with Gasteiger partial charge >= 0.3 is 0 Å². The lowest BCUT2D eigenvalue weighted by Crippen LogP contribution is -2.47. The van der Waals surface area contributed by atoms with Gasteiger partial charge in [-0.15, -0.1) is 0 Å². The molecule has 2 aromatic carbocycles. The van der Waals surface area contributed by atoms with Gasteiger partial charge in [-0.05, 0) is 61.1 Å². The molecular weight excluding hydrogens is 464 g/mol. The van der Waals surface area contributed by atoms with E-state index < -0.39 is 6.10 Å². The van der Waals surface area contributed by atoms with Crippen LogP contribution in [0.5, 0.6) is 17.2 Å². The fraction of sp³-hybridized carbons (Fsp3) is 0.481. The van der Waals surface area contributed by atoms with Gasteiger partial charge in [0.1, 0.15) is 18.0 Å². The third-order valence-electron chi connectivity index (χ3n) is 7.29. The summed E-state index contributed by atoms with van der Waals surface area (Å²) in [4.78, 5) is 25.0. The molecule has 1 saturated heterocycles. The number of carbonyl (C=O) groups is 2. The Morgan fingerprint density at radius 1 is 0.972 bits per heavy atom. The van der Waals surface area contributed by atoms with Crippen molar-refractivity contribution in [1.29, 1.82) is 0 Å². The number of ether oxygens (including phenoxy) is 4. The number of rotatable bonds is 8. The average molecular weight is 495 g/mol. The predicted octanol–water partition coefficient (Wildman–Crippen LogP) is 2.85. The topological polar surface area (TPSA) is 115 Å². The molecule has 0 aromatic heterocycles. The van der Waals surface area contributed by atoms with Gasteiger partial charge in [-0.25, -0.2) is 0 Å². The number of aliphatic hydroxyl groups excluding tert-OH is 1. The Bertz CT molecular complexity index is 1160. The van der Waals surface area contributed by atoms with Crippen LogP contribution in [0.3, 0.4) is 0 Å². The SMILES string of the molecule is O=C(C[C@H]1C[C@@H]2c3cc(NC(=O)CC4CC4)ccc3O[C@@H]2[C@@H](CO)O1)NCc1ccc2c(c1)OCO2. The number of carbonyl (C=O) groups excluding carboxylic acids is 2. The quantitative estimate of drug-likeness (QED) is 0.517. The molecule has 0 unspecified atom stereocenters. The van der Waals surface area contributed by atoms with Crippen LogP contribution in [-0.2, 0) is 20.9 Å². The lowest BCUT2D eigenvalue weighted by atomic mass is 9.84. The van der Waals surface area contributed by atoms with Crippen LogP contribution in [0.15, 0.2) is 36.4 Å². The Hall–Kier alpha value is -3.30. The highest BCUT2D eigenvalue weighted by molar-refractivity contribution is 5.91. The normalized spacial score (nSPS) is 25.5. The fourth-order valence-corrected chi connectivity index (χ4v) is 5.29. The Kier molecular flexibility index (Phi) is 6.18. The summed E-state index contributed by atoms with van der Waals surface area (Å²) in [6.45, 7) is 0.377. The van der Waals surface area contributed by atoms with E-state index in [-0.39, 0.29) is 49.8 Å². The van der Waals surface area contributed by atoms with Crippen molar-refractivity contribution in [3.8, 4) is 17.2 Å². The summed E-state index contributed by atoms with van der Waals surface area (Å²) >= 11 is 0. The van der Waals surface area contributed by atoms with Gasteiger partial charge in [0.05, 0.1) is 19.1 Å². The molecule has 3 aliphatic heterocycles. The van der Waals surface area contributed by atoms with Crippen LogP contribution >= 0.6 is 0 Å². The first-order valence-corrected chi connectivity index (χ1v) is 12.6. The third kappa shape index (κ3) is 4.85. The van der Waals surface area contributed by atoms with Gasteiger partial charge in [-0.2, -0.15) is 0 Å². The van der Waals surface area contributed by atoms with Gasteiger partial charge in [-0.1, -0.05) is 6.07 Å². The van der Waals surface area contributed by atoms with Crippen molar-refractivity contribution in [2.75, 3.05) is 18.7 Å². The summed E-state index contributed by atoms with van der Waals surface area (Å²) in [7, 11) is 0. The van der Waals surface area contributed by atoms with E-state index in [4.69, 9.17) is 18.9 Å². The Labute approximate surface area is 209 Å². The Morgan fingerprint density at radius 2 is 1.81 bits per heavy atom. The number of amides is 2. The molecule has 1 saturated carbocycles. The molecule has 0 spiro atoms. The number of aliphatic hydroxyl groups is 1. The molecule has 2 aromatic rings. The van der Waals surface area contributed by atoms with Gasteiger partial charge < -0.3 is 34.7 Å². The molecule has 9 nitrogen and oxygen atoms in total. The van der Waals surface area contributed by atoms with Crippen LogP contribution in [0.1, 0.15) is 49.1 Å². The van der Waals surface area contributed by atoms with Crippen LogP contribution < -0.4 is 24.8 Å². The smallest absolute Gasteiger partial charge is 0.231 e. The highest BCUT2D eigenvalue weighted by Gasteiger charge is 2.46. The molecule has 36 heavy (non-hydrogen) atoms. The lowest BCUT2D eigenvalue weighted by molar-refractivity contribution is -0.142. The number of fused-ring (bicyclic) bond motifs is 4. The summed E-state index contributed by atoms with van der Waals surface area (Å²) < 4.78 is 22.9. The largest absolute Gasteiger partial charge is 0.487 e. The Balaban J connectivity index is 1.09. The second kappa shape index (κ2) is 9.63. The molecule has 3 N–H and O–H groups in total. The molecule has 6 rings (SSSR count). The van der Waals surface area contributed by atoms with Gasteiger partial charge in [0.15, 0.2) is 11.5 Å². The minimum Gasteiger partial charge on any atom is -0.487 e. The van der Waals surface area contributed by atoms with E-state index in [2.05, 4.69) is 10.6 Å². The predicted molar refractivity (Wildman–Crippen MR) is 129 cm³/mol. The second-order valence-corrected chi connectivity index (χ2v) is 10.0. The molecular formula is C27H30N2O7. The van der Waals surface area contributed by atoms with Crippen molar-refractivity contribution in [2.24, 2.45) is 5.92 Å². The molecule has 190 valence electrons. The zero-order chi connectivity index (χ0) is 24.6. The first-order chi connectivity index (χ1) is 17.6. The highest BCUT2D eigenvalue weighted by Crippen LogP contribution is 2.47. The van der Waals surface area contributed by atoms with Crippen molar-refractivity contribution in [3.63, 3.8) is 0 Å². The van der Waals surface area contributed by atoms with Crippen molar-refractivity contribution < 1.29 is 33.6 Å². The maximum atomic E-state index is 12.7. The number of nitrogens with one attached hydrogen (secondary N) is 2. The molecule has 4 aliphatic rings. The summed E-state index contributed by atoms with van der Waals surface area (Å²) in [5.74, 6) is 2.51. The number of anilines is 1. The van der Waals surface area contributed by atoms with E-state index >= 15 is 0 Å². The van der Waals surface area contributed by atoms with E-state index in [0.717, 1.165) is 35.4 Å². The first-order valence-electron chi connectivity index (χ1n) is 12.6. The molecule has 4 atom stereocenters. The third-order valence-corrected chi connectivity index (χ3v) is 7.29. The number of benzene rings is 2. The van der Waals surface area contributed by atoms with Crippen LogP contribution in [-0.4, -0.2) is 48.6 Å². The zero-order valence-corrected chi connectivity index (χ0v) is 19.9. The van der Waals surface area contributed by atoms with E-state index in [1.165, 1.54) is 0 Å². The van der Waals surface area contributed by atoms with E-state index in [1.807, 2.05) is 36.4 Å². The van der Waals surface area contributed by atoms with Gasteiger partial charge in [0, 0.05) is 30.1 Å². The van der Waals surface area contributed by atoms with Crippen LogP contribution in [0.4, 0.5) is 5.69 Å². The van der Waals surface area contributed by atoms with Crippen LogP contribution in [0.2, 0.25) is 0 Å². The van der Waals surface area contributed by atoms with Crippen molar-refractivity contribution in [2.45, 2.75) is 62.9 Å². The molecule has 9 heteroatoms. The molecule has 3 heterocycles. The van der Waals surface area contributed by atoms with Gasteiger partial charge in [-0.3, -0.25) is 9.59 Å². The average Bonchev–Trinajstić information content (AvgIpc) is 3.42. The monoisotopic (exact) mass is 494 g/mol. The standard InChI is InChI=1S/C27H30N2O7/c30-13-24-27-20(19-9-17(4-6-21(19)36-27)29-26(32)8-15-1-2-15)10-18(35-24)11-25(31)28-12-16-3-5-22-23(7-16)34-14-33-22/h3-7,9,15,18,20,24,27,30H,1-2,8,10-14H2,(H,28,31)(H,29,32)/t18-,20-,24-,27+/m1/s1. The molecule has 0 radical (unpaired) electrons. The second-order valence-electron chi connectivity index (χ2n) is 10.0. The zero-order valence-electron chi connectivity index (χ0n) is 19.9. The van der Waals surface area contributed by atoms with Gasteiger partial charge in [0.25, 0.3) is 0 Å². The van der Waals surface area contributed by atoms with Crippen molar-refractivity contribution in [3.05, 3.63) is 47.5 Å². The van der Waals surface area contributed by atoms with E-state index in [0.29, 0.717) is 36.8 Å². The van der Waals surface area contributed by atoms with Crippen molar-refractivity contribution >= 4 is 17.5 Å². The summed E-state index contributed by atoms with van der Waals surface area (Å²) in [5, 5.41) is 15.9. The summed E-state index contributed by atoms with van der Waals surface area (Å²) in [5.41, 5.74) is 2.64. The summed E-state index contributed by atoms with van der Waals surface area (Å²) in [6, 6.07) is 11.3. The first kappa shape index (κ1) is 23.1. The van der Waals surface area contributed by atoms with E-state index in [9.17, 15) is 14.7 Å². The summed E-state index contributed by atoms with van der Waals surface area (Å²) in [6.07, 6.45) is 2.37. The van der Waals surface area contributed by atoms with Crippen molar-refractivity contribution in [1.82, 2.24) is 5.32 Å². The van der Waals surface area contributed by atoms with Gasteiger partial charge in [0.2, 0.25) is 18.6 Å². The lowest BCUT2D eigenvalue weighted by Gasteiger charge is -2.37. The Morgan fingerprint density at radius 3 is 2.64 bits per heavy atom. The number of hydrogen-bond acceptors (Lipinski definition) is 7. The molecule has 2 fully saturated rings. The van der Waals surface area contributed by atoms with Crippen LogP contribution in [0, 0.1) is 5.92 Å². The maximum absolute atomic E-state index is 12.7. The molecule has 2 amide bonds. The number of hydrogen-bond donors (Lipinski definition) is 3. The molecule has 1 aliphatic carbocycles. The maximum Gasteiger partial charge on any atom is 0.231 e. The minimum absolute atomic E-state index is 0.0298. The highest BCUT2D eigenvalue weighted by atomic mass is 16.7. The van der Waals surface area contributed by atoms with Crippen LogP contribution in [0.25, 0.3) is 0 Å². The molecule has 0 bridgehead atoms.